The van der Waals surface area contributed by atoms with Crippen LogP contribution in [0.4, 0.5) is 0 Å². The number of amides is 1. The molecule has 0 spiro atoms. The molecule has 0 aliphatic carbocycles. The summed E-state index contributed by atoms with van der Waals surface area (Å²) < 4.78 is 4.94. The van der Waals surface area contributed by atoms with Crippen molar-refractivity contribution in [2.45, 2.75) is 0 Å². The molecule has 0 atom stereocenters. The molecule has 0 saturated heterocycles. The minimum atomic E-state index is -0.112. The molecule has 0 unspecified atom stereocenters. The molecule has 2 N–H and O–H groups in total. The van der Waals surface area contributed by atoms with Gasteiger partial charge >= 0.3 is 0 Å². The Kier molecular flexibility index (Phi) is 11.8. The van der Waals surface area contributed by atoms with Crippen LogP contribution in [0.3, 0.4) is 0 Å². The van der Waals surface area contributed by atoms with Gasteiger partial charge in [0.1, 0.15) is 0 Å². The summed E-state index contributed by atoms with van der Waals surface area (Å²) in [6, 6.07) is 11.7. The summed E-state index contributed by atoms with van der Waals surface area (Å²) in [5.41, 5.74) is 2.55. The highest BCUT2D eigenvalue weighted by atomic mass is 35.5. The molecule has 1 aromatic carbocycles. The zero-order valence-electron chi connectivity index (χ0n) is 13.5. The van der Waals surface area contributed by atoms with Gasteiger partial charge in [-0.15, -0.1) is 24.8 Å². The summed E-state index contributed by atoms with van der Waals surface area (Å²) in [7, 11) is 1.66. The van der Waals surface area contributed by atoms with Crippen LogP contribution in [0, 0.1) is 0 Å². The van der Waals surface area contributed by atoms with E-state index in [1.54, 1.807) is 19.5 Å². The van der Waals surface area contributed by atoms with E-state index in [4.69, 9.17) is 4.74 Å². The van der Waals surface area contributed by atoms with Gasteiger partial charge in [-0.05, 0) is 11.6 Å². The van der Waals surface area contributed by atoms with E-state index in [0.29, 0.717) is 25.3 Å². The fourth-order valence-corrected chi connectivity index (χ4v) is 2.02. The van der Waals surface area contributed by atoms with Crippen molar-refractivity contribution in [3.8, 4) is 11.1 Å². The summed E-state index contributed by atoms with van der Waals surface area (Å²) in [4.78, 5) is 16.3. The summed E-state index contributed by atoms with van der Waals surface area (Å²) >= 11 is 0. The Bertz CT molecular complexity index is 597. The second kappa shape index (κ2) is 12.7. The molecular weight excluding hydrogens is 349 g/mol. The lowest BCUT2D eigenvalue weighted by Gasteiger charge is -2.07. The highest BCUT2D eigenvalue weighted by Gasteiger charge is 2.07. The van der Waals surface area contributed by atoms with Crippen LogP contribution in [0.15, 0.2) is 48.8 Å². The Morgan fingerprint density at radius 1 is 1.04 bits per heavy atom. The maximum absolute atomic E-state index is 12.1. The molecule has 0 aliphatic rings. The number of rotatable bonds is 8. The third-order valence-corrected chi connectivity index (χ3v) is 3.18. The van der Waals surface area contributed by atoms with E-state index >= 15 is 0 Å². The van der Waals surface area contributed by atoms with Gasteiger partial charge < -0.3 is 15.4 Å². The first kappa shape index (κ1) is 22.3. The summed E-state index contributed by atoms with van der Waals surface area (Å²) in [5, 5.41) is 6.05. The quantitative estimate of drug-likeness (QED) is 0.700. The largest absolute Gasteiger partial charge is 0.383 e. The summed E-state index contributed by atoms with van der Waals surface area (Å²) in [5.74, 6) is -0.112. The van der Waals surface area contributed by atoms with Crippen LogP contribution in [-0.2, 0) is 4.74 Å². The van der Waals surface area contributed by atoms with Crippen LogP contribution in [-0.4, -0.2) is 44.2 Å². The number of nitrogens with one attached hydrogen (secondary N) is 2. The van der Waals surface area contributed by atoms with Gasteiger partial charge in [-0.2, -0.15) is 0 Å². The highest BCUT2D eigenvalue weighted by molar-refractivity contribution is 5.95. The average molecular weight is 372 g/mol. The van der Waals surface area contributed by atoms with E-state index in [1.165, 1.54) is 0 Å². The van der Waals surface area contributed by atoms with E-state index in [9.17, 15) is 4.79 Å². The molecule has 24 heavy (non-hydrogen) atoms. The molecule has 0 fully saturated rings. The van der Waals surface area contributed by atoms with E-state index in [-0.39, 0.29) is 30.7 Å². The molecule has 7 heteroatoms. The second-order valence-corrected chi connectivity index (χ2v) is 4.83. The number of halogens is 2. The lowest BCUT2D eigenvalue weighted by Crippen LogP contribution is -2.33. The fourth-order valence-electron chi connectivity index (χ4n) is 2.02. The average Bonchev–Trinajstić information content (AvgIpc) is 2.59. The third-order valence-electron chi connectivity index (χ3n) is 3.18. The standard InChI is InChI=1S/C17H21N3O2.2ClH/c1-22-10-9-18-7-8-20-17(21)16-11-15(12-19-13-16)14-5-3-2-4-6-14;;/h2-6,11-13,18H,7-10H2,1H3,(H,20,21);2*1H. The summed E-state index contributed by atoms with van der Waals surface area (Å²) in [6.45, 7) is 2.72. The van der Waals surface area contributed by atoms with Gasteiger partial charge in [0.15, 0.2) is 0 Å². The number of nitrogens with zero attached hydrogens (tertiary/aromatic N) is 1. The van der Waals surface area contributed by atoms with Crippen LogP contribution >= 0.6 is 24.8 Å². The number of methoxy groups -OCH3 is 1. The molecule has 0 aliphatic heterocycles. The van der Waals surface area contributed by atoms with E-state index in [2.05, 4.69) is 15.6 Å². The fraction of sp³-hybridized carbons (Fsp3) is 0.294. The van der Waals surface area contributed by atoms with Gasteiger partial charge in [0.05, 0.1) is 12.2 Å². The lowest BCUT2D eigenvalue weighted by atomic mass is 10.1. The number of benzene rings is 1. The Hall–Kier alpha value is -1.66. The number of pyridine rings is 1. The van der Waals surface area contributed by atoms with Crippen LogP contribution in [0.25, 0.3) is 11.1 Å². The first-order chi connectivity index (χ1) is 10.8. The summed E-state index contributed by atoms with van der Waals surface area (Å²) in [6.07, 6.45) is 3.35. The first-order valence-corrected chi connectivity index (χ1v) is 7.29. The monoisotopic (exact) mass is 371 g/mol. The van der Waals surface area contributed by atoms with Crippen LogP contribution in [0.1, 0.15) is 10.4 Å². The zero-order valence-corrected chi connectivity index (χ0v) is 15.2. The second-order valence-electron chi connectivity index (χ2n) is 4.83. The van der Waals surface area contributed by atoms with E-state index in [0.717, 1.165) is 17.7 Å². The predicted octanol–water partition coefficient (Wildman–Crippen LogP) is 2.56. The van der Waals surface area contributed by atoms with E-state index < -0.39 is 0 Å². The molecule has 1 aromatic heterocycles. The van der Waals surface area contributed by atoms with Crippen molar-refractivity contribution in [1.29, 1.82) is 0 Å². The van der Waals surface area contributed by atoms with Crippen LogP contribution in [0.5, 0.6) is 0 Å². The van der Waals surface area contributed by atoms with Crippen molar-refractivity contribution in [2.75, 3.05) is 33.4 Å². The first-order valence-electron chi connectivity index (χ1n) is 7.29. The smallest absolute Gasteiger partial charge is 0.252 e. The molecule has 1 amide bonds. The van der Waals surface area contributed by atoms with Gasteiger partial charge in [0.25, 0.3) is 5.91 Å². The van der Waals surface area contributed by atoms with Gasteiger partial charge in [-0.3, -0.25) is 9.78 Å². The van der Waals surface area contributed by atoms with Crippen molar-refractivity contribution in [1.82, 2.24) is 15.6 Å². The Balaban J connectivity index is 0.00000264. The molecule has 2 rings (SSSR count). The number of carbonyl (C=O) groups excluding carboxylic acids is 1. The third kappa shape index (κ3) is 7.27. The maximum Gasteiger partial charge on any atom is 0.252 e. The predicted molar refractivity (Wildman–Crippen MR) is 101 cm³/mol. The van der Waals surface area contributed by atoms with Gasteiger partial charge in [0.2, 0.25) is 0 Å². The van der Waals surface area contributed by atoms with Gasteiger partial charge in [-0.25, -0.2) is 0 Å². The zero-order chi connectivity index (χ0) is 15.6. The van der Waals surface area contributed by atoms with Crippen molar-refractivity contribution < 1.29 is 9.53 Å². The van der Waals surface area contributed by atoms with Crippen molar-refractivity contribution in [3.05, 3.63) is 54.4 Å². The normalized spacial score (nSPS) is 9.54. The van der Waals surface area contributed by atoms with Crippen LogP contribution < -0.4 is 10.6 Å². The Morgan fingerprint density at radius 2 is 1.79 bits per heavy atom. The van der Waals surface area contributed by atoms with Gasteiger partial charge in [-0.1, -0.05) is 30.3 Å². The number of carbonyl (C=O) groups is 1. The molecule has 2 aromatic rings. The van der Waals surface area contributed by atoms with Crippen molar-refractivity contribution >= 4 is 30.7 Å². The minimum Gasteiger partial charge on any atom is -0.383 e. The van der Waals surface area contributed by atoms with Crippen LogP contribution in [0.2, 0.25) is 0 Å². The SMILES string of the molecule is COCCNCCNC(=O)c1cncc(-c2ccccc2)c1.Cl.Cl. The number of ether oxygens (including phenoxy) is 1. The maximum atomic E-state index is 12.1. The lowest BCUT2D eigenvalue weighted by molar-refractivity contribution is 0.0953. The molecule has 0 bridgehead atoms. The Labute approximate surface area is 155 Å². The topological polar surface area (TPSA) is 63.2 Å². The Morgan fingerprint density at radius 3 is 2.50 bits per heavy atom. The molecule has 5 nitrogen and oxygen atoms in total. The molecule has 0 saturated carbocycles. The minimum absolute atomic E-state index is 0. The van der Waals surface area contributed by atoms with Gasteiger partial charge in [0, 0.05) is 44.7 Å². The molecular formula is C17H23Cl2N3O2. The van der Waals surface area contributed by atoms with E-state index in [1.807, 2.05) is 36.4 Å². The number of hydrogen-bond donors (Lipinski definition) is 2. The molecule has 0 radical (unpaired) electrons. The molecule has 1 heterocycles. The molecule has 132 valence electrons. The highest BCUT2D eigenvalue weighted by Crippen LogP contribution is 2.18. The number of hydrogen-bond acceptors (Lipinski definition) is 4. The van der Waals surface area contributed by atoms with Crippen molar-refractivity contribution in [2.24, 2.45) is 0 Å². The number of aromatic nitrogens is 1. The van der Waals surface area contributed by atoms with Crippen molar-refractivity contribution in [3.63, 3.8) is 0 Å².